The lowest BCUT2D eigenvalue weighted by atomic mass is 10.0. The molecule has 2 heterocycles. The van der Waals surface area contributed by atoms with Crippen molar-refractivity contribution in [2.45, 2.75) is 32.6 Å². The molecule has 0 aliphatic rings. The Hall–Kier alpha value is -2.68. The number of aryl methyl sites for hydroxylation is 2. The Balaban J connectivity index is 1.60. The van der Waals surface area contributed by atoms with E-state index in [1.165, 1.54) is 5.56 Å². The first-order valence-corrected chi connectivity index (χ1v) is 9.80. The maximum Gasteiger partial charge on any atom is 0.300 e. The number of pyridine rings is 1. The van der Waals surface area contributed by atoms with E-state index in [1.54, 1.807) is 13.0 Å². The Kier molecular flexibility index (Phi) is 6.80. The average molecular weight is 410 g/mol. The summed E-state index contributed by atoms with van der Waals surface area (Å²) in [7, 11) is 0. The topological polar surface area (TPSA) is 57.8 Å². The van der Waals surface area contributed by atoms with Crippen LogP contribution < -0.4 is 5.32 Å². The molecule has 4 nitrogen and oxygen atoms in total. The van der Waals surface area contributed by atoms with Gasteiger partial charge in [0, 0.05) is 28.5 Å². The summed E-state index contributed by atoms with van der Waals surface area (Å²) in [6.07, 6.45) is 6.93. The van der Waals surface area contributed by atoms with Crippen molar-refractivity contribution in [1.82, 2.24) is 9.97 Å². The third-order valence-electron chi connectivity index (χ3n) is 4.46. The van der Waals surface area contributed by atoms with Crippen molar-refractivity contribution in [3.05, 3.63) is 58.9 Å². The summed E-state index contributed by atoms with van der Waals surface area (Å²) in [4.78, 5) is 20.2. The minimum Gasteiger partial charge on any atom is -0.346 e. The van der Waals surface area contributed by atoms with Crippen molar-refractivity contribution in [3.8, 4) is 11.8 Å². The molecule has 0 bridgehead atoms. The monoisotopic (exact) mass is 409 g/mol. The number of H-pyrrole nitrogens is 1. The second-order valence-electron chi connectivity index (χ2n) is 6.38. The number of carbonyl (C=O) groups excluding carboxylic acids is 1. The Morgan fingerprint density at radius 1 is 1.21 bits per heavy atom. The number of carbonyl (C=O) groups is 1. The average Bonchev–Trinajstić information content (AvgIpc) is 3.15. The number of thiocarbonyl (C=S) groups is 1. The molecular weight excluding hydrogens is 390 g/mol. The summed E-state index contributed by atoms with van der Waals surface area (Å²) in [6, 6.07) is 9.57. The summed E-state index contributed by atoms with van der Waals surface area (Å²) in [5.41, 5.74) is 3.83. The van der Waals surface area contributed by atoms with Crippen LogP contribution in [-0.2, 0) is 17.6 Å². The number of rotatable bonds is 7. The number of hydrogen-bond donors (Lipinski definition) is 2. The van der Waals surface area contributed by atoms with Gasteiger partial charge in [0.25, 0.3) is 5.91 Å². The molecule has 28 heavy (non-hydrogen) atoms. The number of fused-ring (bicyclic) bond motifs is 1. The summed E-state index contributed by atoms with van der Waals surface area (Å²) >= 11 is 11.7. The molecule has 3 aromatic rings. The molecule has 1 amide bonds. The minimum absolute atomic E-state index is 0.346. The first kappa shape index (κ1) is 20.1. The lowest BCUT2D eigenvalue weighted by Crippen LogP contribution is -2.11. The van der Waals surface area contributed by atoms with Crippen LogP contribution in [0.2, 0.25) is 5.02 Å². The van der Waals surface area contributed by atoms with Crippen LogP contribution in [0.5, 0.6) is 0 Å². The molecule has 3 rings (SSSR count). The van der Waals surface area contributed by atoms with Crippen molar-refractivity contribution < 1.29 is 4.79 Å². The number of anilines is 1. The quantitative estimate of drug-likeness (QED) is 0.421. The molecule has 0 unspecified atom stereocenters. The first-order valence-electron chi connectivity index (χ1n) is 9.01. The molecular formula is C22H20ClN3OS. The standard InChI is InChI=1S/C22H20ClN3OS/c1-2-3-21(27)26-20-14-17(23)7-4-16(20)6-9-18(28)8-5-15-10-12-24-22-19(15)11-13-25-22/h4,7,10-14H,5-6,8-9H2,1H3,(H,24,25)(H,26,27). The third-order valence-corrected chi connectivity index (χ3v) is 5.10. The third kappa shape index (κ3) is 5.19. The zero-order chi connectivity index (χ0) is 19.9. The van der Waals surface area contributed by atoms with Gasteiger partial charge in [-0.05, 0) is 78.8 Å². The van der Waals surface area contributed by atoms with Gasteiger partial charge in [-0.1, -0.05) is 35.8 Å². The van der Waals surface area contributed by atoms with Gasteiger partial charge in [0.2, 0.25) is 0 Å². The molecule has 0 aliphatic carbocycles. The van der Waals surface area contributed by atoms with E-state index in [0.717, 1.165) is 47.1 Å². The first-order chi connectivity index (χ1) is 13.6. The number of halogens is 1. The van der Waals surface area contributed by atoms with Gasteiger partial charge in [0.05, 0.1) is 0 Å². The fourth-order valence-corrected chi connectivity index (χ4v) is 3.44. The van der Waals surface area contributed by atoms with E-state index in [-0.39, 0.29) is 5.91 Å². The number of nitrogens with one attached hydrogen (secondary N) is 2. The van der Waals surface area contributed by atoms with Gasteiger partial charge < -0.3 is 10.3 Å². The highest BCUT2D eigenvalue weighted by molar-refractivity contribution is 7.80. The summed E-state index contributed by atoms with van der Waals surface area (Å²) in [5, 5.41) is 4.51. The fraction of sp³-hybridized carbons (Fsp3) is 0.227. The Bertz CT molecular complexity index is 1080. The number of aromatic nitrogens is 2. The van der Waals surface area contributed by atoms with Gasteiger partial charge in [-0.15, -0.1) is 0 Å². The molecule has 142 valence electrons. The van der Waals surface area contributed by atoms with Crippen LogP contribution in [0.15, 0.2) is 42.7 Å². The van der Waals surface area contributed by atoms with E-state index in [9.17, 15) is 4.79 Å². The number of nitrogens with zero attached hydrogens (tertiary/aromatic N) is 1. The summed E-state index contributed by atoms with van der Waals surface area (Å²) < 4.78 is 0. The number of amides is 1. The van der Waals surface area contributed by atoms with E-state index in [4.69, 9.17) is 23.8 Å². The van der Waals surface area contributed by atoms with Gasteiger partial charge in [0.15, 0.2) is 0 Å². The number of hydrogen-bond acceptors (Lipinski definition) is 3. The van der Waals surface area contributed by atoms with Crippen LogP contribution in [0.4, 0.5) is 5.69 Å². The second kappa shape index (κ2) is 9.50. The van der Waals surface area contributed by atoms with Crippen molar-refractivity contribution >= 4 is 51.3 Å². The molecule has 2 N–H and O–H groups in total. The van der Waals surface area contributed by atoms with Crippen molar-refractivity contribution in [1.29, 1.82) is 0 Å². The van der Waals surface area contributed by atoms with Gasteiger partial charge in [-0.3, -0.25) is 4.79 Å². The fourth-order valence-electron chi connectivity index (χ4n) is 3.06. The van der Waals surface area contributed by atoms with E-state index in [1.807, 2.05) is 36.7 Å². The van der Waals surface area contributed by atoms with E-state index < -0.39 is 0 Å². The molecule has 0 saturated heterocycles. The molecule has 0 aliphatic heterocycles. The van der Waals surface area contributed by atoms with E-state index in [2.05, 4.69) is 27.1 Å². The lowest BCUT2D eigenvalue weighted by Gasteiger charge is -2.11. The molecule has 0 radical (unpaired) electrons. The van der Waals surface area contributed by atoms with Gasteiger partial charge in [-0.25, -0.2) is 4.98 Å². The van der Waals surface area contributed by atoms with Crippen LogP contribution in [-0.4, -0.2) is 20.7 Å². The van der Waals surface area contributed by atoms with Gasteiger partial charge in [0.1, 0.15) is 5.65 Å². The highest BCUT2D eigenvalue weighted by Gasteiger charge is 2.09. The Morgan fingerprint density at radius 2 is 2.00 bits per heavy atom. The highest BCUT2D eigenvalue weighted by atomic mass is 35.5. The molecule has 0 spiro atoms. The molecule has 2 aromatic heterocycles. The normalized spacial score (nSPS) is 10.4. The lowest BCUT2D eigenvalue weighted by molar-refractivity contribution is -0.111. The van der Waals surface area contributed by atoms with Crippen LogP contribution in [0.25, 0.3) is 11.0 Å². The summed E-state index contributed by atoms with van der Waals surface area (Å²) in [6.45, 7) is 1.63. The number of aromatic amines is 1. The predicted octanol–water partition coefficient (Wildman–Crippen LogP) is 5.11. The Labute approximate surface area is 174 Å². The largest absolute Gasteiger partial charge is 0.346 e. The maximum absolute atomic E-state index is 11.8. The SMILES string of the molecule is CC#CC(=O)Nc1cc(Cl)ccc1CCC(=S)CCc1ccnc2[nH]ccc12. The number of benzene rings is 1. The van der Waals surface area contributed by atoms with Crippen molar-refractivity contribution in [3.63, 3.8) is 0 Å². The van der Waals surface area contributed by atoms with Crippen LogP contribution in [0, 0.1) is 11.8 Å². The second-order valence-corrected chi connectivity index (χ2v) is 7.39. The van der Waals surface area contributed by atoms with Crippen molar-refractivity contribution in [2.24, 2.45) is 0 Å². The van der Waals surface area contributed by atoms with Crippen molar-refractivity contribution in [2.75, 3.05) is 5.32 Å². The van der Waals surface area contributed by atoms with Gasteiger partial charge >= 0.3 is 0 Å². The zero-order valence-electron chi connectivity index (χ0n) is 15.5. The van der Waals surface area contributed by atoms with Gasteiger partial charge in [-0.2, -0.15) is 0 Å². The van der Waals surface area contributed by atoms with E-state index in [0.29, 0.717) is 10.7 Å². The zero-order valence-corrected chi connectivity index (χ0v) is 17.1. The molecule has 0 saturated carbocycles. The van der Waals surface area contributed by atoms with Crippen LogP contribution in [0.1, 0.15) is 30.9 Å². The molecule has 1 aromatic carbocycles. The minimum atomic E-state index is -0.346. The maximum atomic E-state index is 11.8. The van der Waals surface area contributed by atoms with Crippen LogP contribution in [0.3, 0.4) is 0 Å². The molecule has 0 atom stereocenters. The van der Waals surface area contributed by atoms with Crippen LogP contribution >= 0.6 is 23.8 Å². The molecule has 0 fully saturated rings. The highest BCUT2D eigenvalue weighted by Crippen LogP contribution is 2.23. The molecule has 6 heteroatoms. The van der Waals surface area contributed by atoms with E-state index >= 15 is 0 Å². The predicted molar refractivity (Wildman–Crippen MR) is 119 cm³/mol. The Morgan fingerprint density at radius 3 is 2.79 bits per heavy atom. The smallest absolute Gasteiger partial charge is 0.300 e. The summed E-state index contributed by atoms with van der Waals surface area (Å²) in [5.74, 6) is 4.73.